The van der Waals surface area contributed by atoms with Crippen LogP contribution in [-0.2, 0) is 6.42 Å². The quantitative estimate of drug-likeness (QED) is 0.821. The van der Waals surface area contributed by atoms with Crippen molar-refractivity contribution in [1.29, 1.82) is 0 Å². The van der Waals surface area contributed by atoms with Crippen LogP contribution in [0.15, 0.2) is 18.2 Å². The molecule has 1 atom stereocenters. The van der Waals surface area contributed by atoms with Crippen molar-refractivity contribution in [1.82, 2.24) is 9.80 Å². The number of likely N-dealkylation sites (N-methyl/N-ethyl adjacent to an activating group) is 1. The summed E-state index contributed by atoms with van der Waals surface area (Å²) in [6.45, 7) is 4.70. The van der Waals surface area contributed by atoms with Crippen LogP contribution in [0.4, 0.5) is 0 Å². The molecule has 2 aliphatic rings. The Morgan fingerprint density at radius 2 is 2.06 bits per heavy atom. The van der Waals surface area contributed by atoms with Gasteiger partial charge in [-0.25, -0.2) is 0 Å². The van der Waals surface area contributed by atoms with Gasteiger partial charge in [-0.2, -0.15) is 0 Å². The second kappa shape index (κ2) is 4.90. The molecular weight excluding hydrogens is 224 g/mol. The van der Waals surface area contributed by atoms with Crippen molar-refractivity contribution in [2.24, 2.45) is 0 Å². The van der Waals surface area contributed by atoms with E-state index in [4.69, 9.17) is 0 Å². The summed E-state index contributed by atoms with van der Waals surface area (Å²) >= 11 is 0. The van der Waals surface area contributed by atoms with Gasteiger partial charge >= 0.3 is 0 Å². The monoisotopic (exact) mass is 246 g/mol. The van der Waals surface area contributed by atoms with E-state index in [-0.39, 0.29) is 0 Å². The standard InChI is InChI=1S/C15H22N2O/c1-16-8-3-9-17(11-10-16)14-7-6-13-12(14)4-2-5-15(13)18/h2,4-5,14,18H,3,6-11H2,1H3. The predicted molar refractivity (Wildman–Crippen MR) is 72.9 cm³/mol. The van der Waals surface area contributed by atoms with Gasteiger partial charge in [0.05, 0.1) is 0 Å². The number of benzene rings is 1. The highest BCUT2D eigenvalue weighted by Crippen LogP contribution is 2.39. The number of hydrogen-bond acceptors (Lipinski definition) is 3. The second-order valence-electron chi connectivity index (χ2n) is 5.59. The van der Waals surface area contributed by atoms with Crippen LogP contribution in [0.1, 0.15) is 30.0 Å². The third-order valence-corrected chi connectivity index (χ3v) is 4.41. The van der Waals surface area contributed by atoms with Crippen molar-refractivity contribution in [3.05, 3.63) is 29.3 Å². The summed E-state index contributed by atoms with van der Waals surface area (Å²) in [6.07, 6.45) is 3.44. The lowest BCUT2D eigenvalue weighted by molar-refractivity contribution is 0.203. The fraction of sp³-hybridized carbons (Fsp3) is 0.600. The first-order valence-corrected chi connectivity index (χ1v) is 6.99. The van der Waals surface area contributed by atoms with E-state index in [1.807, 2.05) is 12.1 Å². The van der Waals surface area contributed by atoms with Crippen LogP contribution in [-0.4, -0.2) is 48.1 Å². The van der Waals surface area contributed by atoms with E-state index in [1.165, 1.54) is 30.6 Å². The Bertz CT molecular complexity index is 433. The Hall–Kier alpha value is -1.06. The number of hydrogen-bond donors (Lipinski definition) is 1. The van der Waals surface area contributed by atoms with Crippen molar-refractivity contribution < 1.29 is 5.11 Å². The topological polar surface area (TPSA) is 26.7 Å². The average Bonchev–Trinajstić information content (AvgIpc) is 2.68. The van der Waals surface area contributed by atoms with E-state index in [9.17, 15) is 5.11 Å². The molecule has 1 aromatic rings. The molecule has 18 heavy (non-hydrogen) atoms. The molecule has 0 spiro atoms. The Kier molecular flexibility index (Phi) is 3.27. The molecule has 3 heteroatoms. The number of nitrogens with zero attached hydrogens (tertiary/aromatic N) is 2. The Morgan fingerprint density at radius 1 is 1.17 bits per heavy atom. The minimum Gasteiger partial charge on any atom is -0.508 e. The summed E-state index contributed by atoms with van der Waals surface area (Å²) in [7, 11) is 2.21. The number of phenols is 1. The first-order valence-electron chi connectivity index (χ1n) is 6.99. The van der Waals surface area contributed by atoms with Gasteiger partial charge in [0.2, 0.25) is 0 Å². The van der Waals surface area contributed by atoms with Gasteiger partial charge in [-0.1, -0.05) is 12.1 Å². The summed E-state index contributed by atoms with van der Waals surface area (Å²) in [5.74, 6) is 0.488. The molecule has 0 radical (unpaired) electrons. The highest BCUT2D eigenvalue weighted by Gasteiger charge is 2.30. The minimum absolute atomic E-state index is 0.488. The molecule has 1 aromatic carbocycles. The normalized spacial score (nSPS) is 25.9. The van der Waals surface area contributed by atoms with Crippen LogP contribution in [0.2, 0.25) is 0 Å². The smallest absolute Gasteiger partial charge is 0.119 e. The molecule has 0 amide bonds. The molecule has 3 rings (SSSR count). The molecule has 1 saturated heterocycles. The first-order chi connectivity index (χ1) is 8.75. The van der Waals surface area contributed by atoms with E-state index in [1.54, 1.807) is 0 Å². The van der Waals surface area contributed by atoms with E-state index in [2.05, 4.69) is 22.9 Å². The predicted octanol–water partition coefficient (Wildman–Crippen LogP) is 2.02. The molecule has 1 aliphatic heterocycles. The number of aromatic hydroxyl groups is 1. The fourth-order valence-electron chi connectivity index (χ4n) is 3.37. The lowest BCUT2D eigenvalue weighted by Gasteiger charge is -2.28. The largest absolute Gasteiger partial charge is 0.508 e. The zero-order valence-electron chi connectivity index (χ0n) is 11.1. The molecule has 0 bridgehead atoms. The van der Waals surface area contributed by atoms with E-state index in [0.29, 0.717) is 11.8 Å². The highest BCUT2D eigenvalue weighted by atomic mass is 16.3. The summed E-state index contributed by atoms with van der Waals surface area (Å²) in [5.41, 5.74) is 2.54. The molecule has 0 aromatic heterocycles. The van der Waals surface area contributed by atoms with Gasteiger partial charge in [-0.3, -0.25) is 4.90 Å². The summed E-state index contributed by atoms with van der Waals surface area (Å²) in [6, 6.07) is 6.52. The lowest BCUT2D eigenvalue weighted by Crippen LogP contribution is -2.31. The Morgan fingerprint density at radius 3 is 2.94 bits per heavy atom. The third-order valence-electron chi connectivity index (χ3n) is 4.41. The van der Waals surface area contributed by atoms with E-state index in [0.717, 1.165) is 25.9 Å². The third kappa shape index (κ3) is 2.13. The highest BCUT2D eigenvalue weighted by molar-refractivity contribution is 5.44. The minimum atomic E-state index is 0.488. The molecule has 1 heterocycles. The maximum atomic E-state index is 9.92. The van der Waals surface area contributed by atoms with Crippen molar-refractivity contribution in [3.63, 3.8) is 0 Å². The van der Waals surface area contributed by atoms with Crippen molar-refractivity contribution in [3.8, 4) is 5.75 Å². The van der Waals surface area contributed by atoms with Crippen molar-refractivity contribution >= 4 is 0 Å². The second-order valence-corrected chi connectivity index (χ2v) is 5.59. The number of phenolic OH excluding ortho intramolecular Hbond substituents is 1. The van der Waals surface area contributed by atoms with Crippen LogP contribution in [0.3, 0.4) is 0 Å². The van der Waals surface area contributed by atoms with Gasteiger partial charge in [-0.15, -0.1) is 0 Å². The molecule has 0 saturated carbocycles. The van der Waals surface area contributed by atoms with Crippen LogP contribution >= 0.6 is 0 Å². The van der Waals surface area contributed by atoms with Crippen LogP contribution < -0.4 is 0 Å². The lowest BCUT2D eigenvalue weighted by atomic mass is 10.1. The molecular formula is C15H22N2O. The Balaban J connectivity index is 1.81. The summed E-state index contributed by atoms with van der Waals surface area (Å²) in [4.78, 5) is 5.02. The maximum absolute atomic E-state index is 9.92. The van der Waals surface area contributed by atoms with E-state index < -0.39 is 0 Å². The molecule has 1 fully saturated rings. The van der Waals surface area contributed by atoms with Gasteiger partial charge < -0.3 is 10.0 Å². The summed E-state index contributed by atoms with van der Waals surface area (Å²) < 4.78 is 0. The van der Waals surface area contributed by atoms with Gasteiger partial charge in [0.25, 0.3) is 0 Å². The van der Waals surface area contributed by atoms with Crippen LogP contribution in [0, 0.1) is 0 Å². The zero-order chi connectivity index (χ0) is 12.5. The van der Waals surface area contributed by atoms with Crippen molar-refractivity contribution in [2.45, 2.75) is 25.3 Å². The van der Waals surface area contributed by atoms with Gasteiger partial charge in [0, 0.05) is 25.7 Å². The van der Waals surface area contributed by atoms with E-state index >= 15 is 0 Å². The number of fused-ring (bicyclic) bond motifs is 1. The summed E-state index contributed by atoms with van der Waals surface area (Å²) in [5, 5.41) is 9.92. The molecule has 3 nitrogen and oxygen atoms in total. The average molecular weight is 246 g/mol. The van der Waals surface area contributed by atoms with Crippen molar-refractivity contribution in [2.75, 3.05) is 33.2 Å². The molecule has 1 N–H and O–H groups in total. The van der Waals surface area contributed by atoms with Crippen LogP contribution in [0.5, 0.6) is 5.75 Å². The molecule has 98 valence electrons. The van der Waals surface area contributed by atoms with Gasteiger partial charge in [0.15, 0.2) is 0 Å². The fourth-order valence-corrected chi connectivity index (χ4v) is 3.37. The molecule has 1 aliphatic carbocycles. The SMILES string of the molecule is CN1CCCN(C2CCc3c(O)cccc32)CC1. The van der Waals surface area contributed by atoms with Gasteiger partial charge in [-0.05, 0) is 50.0 Å². The van der Waals surface area contributed by atoms with Gasteiger partial charge in [0.1, 0.15) is 5.75 Å². The maximum Gasteiger partial charge on any atom is 0.119 e. The van der Waals surface area contributed by atoms with Crippen LogP contribution in [0.25, 0.3) is 0 Å². The zero-order valence-corrected chi connectivity index (χ0v) is 11.1. The number of rotatable bonds is 1. The molecule has 1 unspecified atom stereocenters. The Labute approximate surface area is 109 Å². The first kappa shape index (κ1) is 12.0.